The quantitative estimate of drug-likeness (QED) is 0.790. The molecule has 2 heterocycles. The van der Waals surface area contributed by atoms with Gasteiger partial charge < -0.3 is 10.2 Å². The fourth-order valence-corrected chi connectivity index (χ4v) is 3.00. The summed E-state index contributed by atoms with van der Waals surface area (Å²) in [4.78, 5) is 20.0. The minimum Gasteiger partial charge on any atom is -0.354 e. The number of nitrogens with one attached hydrogen (secondary N) is 1. The molecule has 5 nitrogen and oxygen atoms in total. The van der Waals surface area contributed by atoms with Gasteiger partial charge in [0, 0.05) is 51.0 Å². The van der Waals surface area contributed by atoms with Gasteiger partial charge in [0.2, 0.25) is 0 Å². The van der Waals surface area contributed by atoms with Crippen LogP contribution in [0.4, 0.5) is 23.4 Å². The van der Waals surface area contributed by atoms with E-state index >= 15 is 0 Å². The van der Waals surface area contributed by atoms with E-state index in [1.54, 1.807) is 0 Å². The molecule has 150 valence electrons. The van der Waals surface area contributed by atoms with Gasteiger partial charge in [0.15, 0.2) is 0 Å². The number of hydrogen-bond donors (Lipinski definition) is 1. The molecular formula is C19H20F4N4O. The molecule has 3 rings (SSSR count). The lowest BCUT2D eigenvalue weighted by atomic mass is 10.2. The predicted molar refractivity (Wildman–Crippen MR) is 96.6 cm³/mol. The molecule has 0 unspecified atom stereocenters. The van der Waals surface area contributed by atoms with Crippen LogP contribution in [0.15, 0.2) is 42.6 Å². The fraction of sp³-hybridized carbons (Fsp3) is 0.368. The molecule has 0 bridgehead atoms. The Kier molecular flexibility index (Phi) is 6.13. The van der Waals surface area contributed by atoms with Crippen LogP contribution >= 0.6 is 0 Å². The van der Waals surface area contributed by atoms with Crippen molar-refractivity contribution in [1.82, 2.24) is 15.2 Å². The highest BCUT2D eigenvalue weighted by atomic mass is 19.4. The normalized spacial score (nSPS) is 15.5. The van der Waals surface area contributed by atoms with Crippen LogP contribution in [0.2, 0.25) is 0 Å². The van der Waals surface area contributed by atoms with E-state index in [9.17, 15) is 22.4 Å². The van der Waals surface area contributed by atoms with Crippen LogP contribution in [0.25, 0.3) is 0 Å². The lowest BCUT2D eigenvalue weighted by Gasteiger charge is -2.35. The van der Waals surface area contributed by atoms with Gasteiger partial charge >= 0.3 is 6.18 Å². The van der Waals surface area contributed by atoms with Crippen molar-refractivity contribution in [2.24, 2.45) is 0 Å². The molecule has 28 heavy (non-hydrogen) atoms. The largest absolute Gasteiger partial charge is 0.416 e. The third-order valence-corrected chi connectivity index (χ3v) is 4.59. The summed E-state index contributed by atoms with van der Waals surface area (Å²) in [7, 11) is 0. The number of anilines is 1. The Morgan fingerprint density at radius 1 is 1.07 bits per heavy atom. The van der Waals surface area contributed by atoms with Gasteiger partial charge in [0.05, 0.1) is 5.56 Å². The molecule has 1 aromatic carbocycles. The molecule has 1 fully saturated rings. The maximum atomic E-state index is 12.9. The standard InChI is InChI=1S/C19H20F4N4O/c20-16-3-1-14(2-4-16)18(28)25-7-8-26-9-11-27(12-10-26)17-13-15(5-6-24-17)19(21,22)23/h1-6,13H,7-12H2,(H,25,28). The molecule has 2 aromatic rings. The van der Waals surface area contributed by atoms with Crippen molar-refractivity contribution in [1.29, 1.82) is 0 Å². The number of rotatable bonds is 5. The number of nitrogens with zero attached hydrogens (tertiary/aromatic N) is 3. The Bertz CT molecular complexity index is 802. The maximum absolute atomic E-state index is 12.9. The molecule has 0 saturated carbocycles. The Hall–Kier alpha value is -2.68. The number of piperazine rings is 1. The first-order chi connectivity index (χ1) is 13.3. The molecule has 0 aliphatic carbocycles. The van der Waals surface area contributed by atoms with Crippen LogP contribution in [0.3, 0.4) is 0 Å². The number of hydrogen-bond acceptors (Lipinski definition) is 4. The number of aromatic nitrogens is 1. The van der Waals surface area contributed by atoms with Crippen molar-refractivity contribution >= 4 is 11.7 Å². The summed E-state index contributed by atoms with van der Waals surface area (Å²) < 4.78 is 51.4. The van der Waals surface area contributed by atoms with Crippen molar-refractivity contribution in [3.05, 3.63) is 59.5 Å². The van der Waals surface area contributed by atoms with Gasteiger partial charge in [-0.3, -0.25) is 9.69 Å². The average Bonchev–Trinajstić information content (AvgIpc) is 2.68. The highest BCUT2D eigenvalue weighted by Crippen LogP contribution is 2.30. The first kappa shape index (κ1) is 20.1. The third kappa shape index (κ3) is 5.19. The van der Waals surface area contributed by atoms with Crippen LogP contribution in [-0.2, 0) is 6.18 Å². The molecule has 1 amide bonds. The van der Waals surface area contributed by atoms with Gasteiger partial charge in [0.1, 0.15) is 11.6 Å². The molecule has 0 atom stereocenters. The van der Waals surface area contributed by atoms with Gasteiger partial charge in [-0.05, 0) is 36.4 Å². The highest BCUT2D eigenvalue weighted by molar-refractivity contribution is 5.94. The van der Waals surface area contributed by atoms with Gasteiger partial charge in [0.25, 0.3) is 5.91 Å². The van der Waals surface area contributed by atoms with E-state index in [0.717, 1.165) is 12.1 Å². The second kappa shape index (κ2) is 8.55. The van der Waals surface area contributed by atoms with Crippen LogP contribution in [0.5, 0.6) is 0 Å². The van der Waals surface area contributed by atoms with E-state index in [1.165, 1.54) is 30.5 Å². The topological polar surface area (TPSA) is 48.5 Å². The molecule has 0 spiro atoms. The van der Waals surface area contributed by atoms with Crippen LogP contribution in [-0.4, -0.2) is 55.1 Å². The summed E-state index contributed by atoms with van der Waals surface area (Å²) in [6.45, 7) is 3.48. The smallest absolute Gasteiger partial charge is 0.354 e. The fourth-order valence-electron chi connectivity index (χ4n) is 3.00. The van der Waals surface area contributed by atoms with Gasteiger partial charge in [-0.25, -0.2) is 9.37 Å². The Morgan fingerprint density at radius 2 is 1.75 bits per heavy atom. The molecule has 1 saturated heterocycles. The van der Waals surface area contributed by atoms with Crippen molar-refractivity contribution < 1.29 is 22.4 Å². The minimum atomic E-state index is -4.39. The van der Waals surface area contributed by atoms with Gasteiger partial charge in [-0.1, -0.05) is 0 Å². The number of benzene rings is 1. The monoisotopic (exact) mass is 396 g/mol. The Labute approximate surface area is 160 Å². The summed E-state index contributed by atoms with van der Waals surface area (Å²) in [6, 6.07) is 7.34. The zero-order valence-electron chi connectivity index (χ0n) is 15.0. The molecule has 9 heteroatoms. The van der Waals surface area contributed by atoms with E-state index in [-0.39, 0.29) is 5.91 Å². The summed E-state index contributed by atoms with van der Waals surface area (Å²) in [6.07, 6.45) is -3.21. The van der Waals surface area contributed by atoms with E-state index in [2.05, 4.69) is 15.2 Å². The zero-order chi connectivity index (χ0) is 20.1. The summed E-state index contributed by atoms with van der Waals surface area (Å²) in [5.41, 5.74) is -0.315. The van der Waals surface area contributed by atoms with E-state index < -0.39 is 17.6 Å². The Balaban J connectivity index is 1.44. The minimum absolute atomic E-state index is 0.271. The van der Waals surface area contributed by atoms with Gasteiger partial charge in [-0.15, -0.1) is 0 Å². The number of halogens is 4. The third-order valence-electron chi connectivity index (χ3n) is 4.59. The first-order valence-electron chi connectivity index (χ1n) is 8.87. The van der Waals surface area contributed by atoms with Crippen LogP contribution in [0, 0.1) is 5.82 Å². The van der Waals surface area contributed by atoms with Crippen molar-refractivity contribution in [2.45, 2.75) is 6.18 Å². The van der Waals surface area contributed by atoms with E-state index in [4.69, 9.17) is 0 Å². The molecule has 0 radical (unpaired) electrons. The molecular weight excluding hydrogens is 376 g/mol. The van der Waals surface area contributed by atoms with Crippen molar-refractivity contribution in [3.8, 4) is 0 Å². The number of carbonyl (C=O) groups is 1. The lowest BCUT2D eigenvalue weighted by Crippen LogP contribution is -2.48. The number of alkyl halides is 3. The maximum Gasteiger partial charge on any atom is 0.416 e. The number of pyridine rings is 1. The number of carbonyl (C=O) groups excluding carboxylic acids is 1. The second-order valence-electron chi connectivity index (χ2n) is 6.49. The second-order valence-corrected chi connectivity index (χ2v) is 6.49. The molecule has 1 aliphatic rings. The summed E-state index contributed by atoms with van der Waals surface area (Å²) >= 11 is 0. The lowest BCUT2D eigenvalue weighted by molar-refractivity contribution is -0.137. The van der Waals surface area contributed by atoms with Crippen molar-refractivity contribution in [3.63, 3.8) is 0 Å². The molecule has 1 aliphatic heterocycles. The zero-order valence-corrected chi connectivity index (χ0v) is 15.0. The molecule has 1 aromatic heterocycles. The SMILES string of the molecule is O=C(NCCN1CCN(c2cc(C(F)(F)F)ccn2)CC1)c1ccc(F)cc1. The Morgan fingerprint density at radius 3 is 2.39 bits per heavy atom. The predicted octanol–water partition coefficient (Wildman–Crippen LogP) is 2.79. The van der Waals surface area contributed by atoms with E-state index in [0.29, 0.717) is 50.6 Å². The van der Waals surface area contributed by atoms with Gasteiger partial charge in [-0.2, -0.15) is 13.2 Å². The van der Waals surface area contributed by atoms with Crippen LogP contribution in [0.1, 0.15) is 15.9 Å². The van der Waals surface area contributed by atoms with Crippen LogP contribution < -0.4 is 10.2 Å². The summed E-state index contributed by atoms with van der Waals surface area (Å²) in [5.74, 6) is -0.351. The number of amides is 1. The first-order valence-corrected chi connectivity index (χ1v) is 8.87. The molecule has 1 N–H and O–H groups in total. The van der Waals surface area contributed by atoms with Crippen molar-refractivity contribution in [2.75, 3.05) is 44.2 Å². The average molecular weight is 396 g/mol. The highest BCUT2D eigenvalue weighted by Gasteiger charge is 2.31. The summed E-state index contributed by atoms with van der Waals surface area (Å²) in [5, 5.41) is 2.78. The van der Waals surface area contributed by atoms with E-state index in [1.807, 2.05) is 4.90 Å².